The Bertz CT molecular complexity index is 580. The maximum Gasteiger partial charge on any atom is 0.255 e. The molecule has 0 aliphatic carbocycles. The second kappa shape index (κ2) is 5.05. The quantitative estimate of drug-likeness (QED) is 0.738. The molecule has 5 nitrogen and oxygen atoms in total. The summed E-state index contributed by atoms with van der Waals surface area (Å²) in [5.41, 5.74) is 0.812. The number of carbonyl (C=O) groups excluding carboxylic acids is 1. The lowest BCUT2D eigenvalue weighted by Crippen LogP contribution is -2.23. The number of hydrogen-bond donors (Lipinski definition) is 3. The first-order valence-corrected chi connectivity index (χ1v) is 6.15. The summed E-state index contributed by atoms with van der Waals surface area (Å²) in [7, 11) is 0. The van der Waals surface area contributed by atoms with Gasteiger partial charge in [0, 0.05) is 5.38 Å². The van der Waals surface area contributed by atoms with Crippen LogP contribution in [0.1, 0.15) is 21.1 Å². The fourth-order valence-corrected chi connectivity index (χ4v) is 2.07. The van der Waals surface area contributed by atoms with Gasteiger partial charge >= 0.3 is 0 Å². The molecule has 1 amide bonds. The van der Waals surface area contributed by atoms with Gasteiger partial charge in [-0.1, -0.05) is 0 Å². The summed E-state index contributed by atoms with van der Waals surface area (Å²) >= 11 is 1.51. The molecule has 0 radical (unpaired) electrons. The van der Waals surface area contributed by atoms with Crippen molar-refractivity contribution in [2.24, 2.45) is 0 Å². The van der Waals surface area contributed by atoms with E-state index in [1.807, 2.05) is 12.3 Å². The fourth-order valence-electron chi connectivity index (χ4n) is 1.46. The minimum absolute atomic E-state index is 0.0435. The van der Waals surface area contributed by atoms with Gasteiger partial charge in [0.05, 0.1) is 22.8 Å². The van der Waals surface area contributed by atoms with Gasteiger partial charge in [0.25, 0.3) is 5.91 Å². The van der Waals surface area contributed by atoms with E-state index in [1.165, 1.54) is 29.5 Å². The SMILES string of the molecule is Cc1nc(CNC(=O)c2cc(O)ccc2O)cs1. The lowest BCUT2D eigenvalue weighted by atomic mass is 10.2. The van der Waals surface area contributed by atoms with Crippen LogP contribution in [0, 0.1) is 6.92 Å². The van der Waals surface area contributed by atoms with E-state index in [1.54, 1.807) is 0 Å². The van der Waals surface area contributed by atoms with E-state index in [0.717, 1.165) is 10.7 Å². The highest BCUT2D eigenvalue weighted by atomic mass is 32.1. The van der Waals surface area contributed by atoms with Crippen LogP contribution < -0.4 is 5.32 Å². The lowest BCUT2D eigenvalue weighted by molar-refractivity contribution is 0.0947. The molecule has 0 unspecified atom stereocenters. The monoisotopic (exact) mass is 264 g/mol. The molecule has 1 aromatic carbocycles. The normalized spacial score (nSPS) is 10.3. The van der Waals surface area contributed by atoms with Crippen molar-refractivity contribution in [2.45, 2.75) is 13.5 Å². The molecule has 94 valence electrons. The van der Waals surface area contributed by atoms with Crippen molar-refractivity contribution >= 4 is 17.2 Å². The number of phenolic OH excluding ortho intramolecular Hbond substituents is 2. The number of aromatic nitrogens is 1. The third-order valence-corrected chi connectivity index (χ3v) is 3.14. The lowest BCUT2D eigenvalue weighted by Gasteiger charge is -2.05. The summed E-state index contributed by atoms with van der Waals surface area (Å²) < 4.78 is 0. The third-order valence-electron chi connectivity index (χ3n) is 2.32. The van der Waals surface area contributed by atoms with Crippen molar-refractivity contribution in [3.8, 4) is 11.5 Å². The molecule has 18 heavy (non-hydrogen) atoms. The summed E-state index contributed by atoms with van der Waals surface area (Å²) in [6, 6.07) is 3.81. The number of nitrogens with one attached hydrogen (secondary N) is 1. The number of thiazole rings is 1. The fraction of sp³-hybridized carbons (Fsp3) is 0.167. The predicted molar refractivity (Wildman–Crippen MR) is 67.8 cm³/mol. The molecule has 2 aromatic rings. The van der Waals surface area contributed by atoms with E-state index >= 15 is 0 Å². The molecule has 0 saturated heterocycles. The number of amides is 1. The van der Waals surface area contributed by atoms with Crippen molar-refractivity contribution in [1.29, 1.82) is 0 Å². The topological polar surface area (TPSA) is 82.5 Å². The zero-order valence-corrected chi connectivity index (χ0v) is 10.5. The van der Waals surface area contributed by atoms with Gasteiger partial charge in [-0.25, -0.2) is 4.98 Å². The Balaban J connectivity index is 2.05. The molecule has 0 aliphatic rings. The summed E-state index contributed by atoms with van der Waals surface area (Å²) in [6.07, 6.45) is 0. The van der Waals surface area contributed by atoms with Crippen molar-refractivity contribution in [2.75, 3.05) is 0 Å². The molecule has 1 aromatic heterocycles. The minimum Gasteiger partial charge on any atom is -0.508 e. The highest BCUT2D eigenvalue weighted by Gasteiger charge is 2.12. The Morgan fingerprint density at radius 2 is 2.22 bits per heavy atom. The van der Waals surface area contributed by atoms with Crippen molar-refractivity contribution in [1.82, 2.24) is 10.3 Å². The molecular formula is C12H12N2O3S. The molecule has 0 aliphatic heterocycles. The zero-order valence-electron chi connectivity index (χ0n) is 9.67. The average molecular weight is 264 g/mol. The minimum atomic E-state index is -0.450. The van der Waals surface area contributed by atoms with Crippen LogP contribution >= 0.6 is 11.3 Å². The number of aryl methyl sites for hydroxylation is 1. The first-order valence-electron chi connectivity index (χ1n) is 5.27. The van der Waals surface area contributed by atoms with Crippen LogP contribution in [-0.2, 0) is 6.54 Å². The smallest absolute Gasteiger partial charge is 0.255 e. The summed E-state index contributed by atoms with van der Waals surface area (Å²) in [6.45, 7) is 2.18. The van der Waals surface area contributed by atoms with E-state index in [9.17, 15) is 15.0 Å². The molecule has 0 atom stereocenters. The van der Waals surface area contributed by atoms with Gasteiger partial charge in [0.15, 0.2) is 0 Å². The average Bonchev–Trinajstić information content (AvgIpc) is 2.75. The van der Waals surface area contributed by atoms with Crippen LogP contribution in [0.15, 0.2) is 23.6 Å². The van der Waals surface area contributed by atoms with Gasteiger partial charge in [0.1, 0.15) is 11.5 Å². The first-order chi connectivity index (χ1) is 8.56. The number of nitrogens with zero attached hydrogens (tertiary/aromatic N) is 1. The molecule has 0 fully saturated rings. The standard InChI is InChI=1S/C12H12N2O3S/c1-7-14-8(6-18-7)5-13-12(17)10-4-9(15)2-3-11(10)16/h2-4,6,15-16H,5H2,1H3,(H,13,17). The van der Waals surface area contributed by atoms with Crippen LogP contribution in [0.4, 0.5) is 0 Å². The maximum atomic E-state index is 11.8. The van der Waals surface area contributed by atoms with Crippen molar-refractivity contribution in [3.05, 3.63) is 39.8 Å². The zero-order chi connectivity index (χ0) is 13.1. The summed E-state index contributed by atoms with van der Waals surface area (Å²) in [4.78, 5) is 16.0. The Hall–Kier alpha value is -2.08. The van der Waals surface area contributed by atoms with Gasteiger partial charge in [-0.05, 0) is 25.1 Å². The van der Waals surface area contributed by atoms with Gasteiger partial charge < -0.3 is 15.5 Å². The molecule has 0 spiro atoms. The Labute approximate surface area is 108 Å². The maximum absolute atomic E-state index is 11.8. The van der Waals surface area contributed by atoms with E-state index < -0.39 is 5.91 Å². The van der Waals surface area contributed by atoms with Crippen LogP contribution in [0.3, 0.4) is 0 Å². The molecule has 2 rings (SSSR count). The van der Waals surface area contributed by atoms with E-state index in [-0.39, 0.29) is 23.6 Å². The first kappa shape index (κ1) is 12.4. The second-order valence-electron chi connectivity index (χ2n) is 3.74. The van der Waals surface area contributed by atoms with E-state index in [0.29, 0.717) is 0 Å². The van der Waals surface area contributed by atoms with E-state index in [4.69, 9.17) is 0 Å². The van der Waals surface area contributed by atoms with Crippen LogP contribution in [0.2, 0.25) is 0 Å². The highest BCUT2D eigenvalue weighted by Crippen LogP contribution is 2.21. The van der Waals surface area contributed by atoms with Crippen LogP contribution in [0.25, 0.3) is 0 Å². The molecule has 0 saturated carbocycles. The molecular weight excluding hydrogens is 252 g/mol. The Kier molecular flexibility index (Phi) is 3.47. The van der Waals surface area contributed by atoms with Crippen LogP contribution in [0.5, 0.6) is 11.5 Å². The predicted octanol–water partition coefficient (Wildman–Crippen LogP) is 1.79. The molecule has 1 heterocycles. The molecule has 6 heteroatoms. The van der Waals surface area contributed by atoms with E-state index in [2.05, 4.69) is 10.3 Å². The largest absolute Gasteiger partial charge is 0.508 e. The van der Waals surface area contributed by atoms with Crippen molar-refractivity contribution < 1.29 is 15.0 Å². The number of phenols is 2. The number of benzene rings is 1. The number of carbonyl (C=O) groups is 1. The molecule has 0 bridgehead atoms. The Morgan fingerprint density at radius 3 is 2.89 bits per heavy atom. The number of hydrogen-bond acceptors (Lipinski definition) is 5. The van der Waals surface area contributed by atoms with Crippen molar-refractivity contribution in [3.63, 3.8) is 0 Å². The Morgan fingerprint density at radius 1 is 1.44 bits per heavy atom. The van der Waals surface area contributed by atoms with Gasteiger partial charge in [0.2, 0.25) is 0 Å². The number of aromatic hydroxyl groups is 2. The number of rotatable bonds is 3. The summed E-state index contributed by atoms with van der Waals surface area (Å²) in [5, 5.41) is 24.2. The third kappa shape index (κ3) is 2.78. The summed E-state index contributed by atoms with van der Waals surface area (Å²) in [5.74, 6) is -0.684. The van der Waals surface area contributed by atoms with Crippen LogP contribution in [-0.4, -0.2) is 21.1 Å². The van der Waals surface area contributed by atoms with Gasteiger partial charge in [-0.2, -0.15) is 0 Å². The van der Waals surface area contributed by atoms with Gasteiger partial charge in [-0.15, -0.1) is 11.3 Å². The second-order valence-corrected chi connectivity index (χ2v) is 4.80. The highest BCUT2D eigenvalue weighted by molar-refractivity contribution is 7.09. The molecule has 3 N–H and O–H groups in total. The van der Waals surface area contributed by atoms with Gasteiger partial charge in [-0.3, -0.25) is 4.79 Å².